The van der Waals surface area contributed by atoms with Crippen LogP contribution in [0.5, 0.6) is 0 Å². The molecule has 0 aromatic heterocycles. The Balaban J connectivity index is 2.08. The third-order valence-electron chi connectivity index (χ3n) is 1.94. The second-order valence-corrected chi connectivity index (χ2v) is 2.75. The van der Waals surface area contributed by atoms with Gasteiger partial charge in [0.2, 0.25) is 0 Å². The summed E-state index contributed by atoms with van der Waals surface area (Å²) in [6.07, 6.45) is 4.05. The number of hydrogen-bond acceptors (Lipinski definition) is 2. The van der Waals surface area contributed by atoms with Crippen molar-refractivity contribution in [2.24, 2.45) is 5.73 Å². The molecule has 1 rings (SSSR count). The molecule has 2 N–H and O–H groups in total. The molecule has 1 aliphatic rings. The lowest BCUT2D eigenvalue weighted by Gasteiger charge is -2.35. The van der Waals surface area contributed by atoms with Crippen LogP contribution in [-0.2, 0) is 0 Å². The molecule has 0 aliphatic carbocycles. The molecule has 1 fully saturated rings. The monoisotopic (exact) mass is 128 g/mol. The molecule has 1 heterocycles. The van der Waals surface area contributed by atoms with Crippen molar-refractivity contribution in [1.29, 1.82) is 0 Å². The van der Waals surface area contributed by atoms with Gasteiger partial charge in [-0.1, -0.05) is 13.3 Å². The molecule has 2 heteroatoms. The first-order valence-electron chi connectivity index (χ1n) is 3.84. The van der Waals surface area contributed by atoms with Gasteiger partial charge in [-0.2, -0.15) is 0 Å². The van der Waals surface area contributed by atoms with Crippen molar-refractivity contribution >= 4 is 0 Å². The zero-order valence-corrected chi connectivity index (χ0v) is 6.14. The molecule has 0 aromatic rings. The average molecular weight is 128 g/mol. The molecule has 1 atom stereocenters. The highest BCUT2D eigenvalue weighted by molar-refractivity contribution is 4.73. The summed E-state index contributed by atoms with van der Waals surface area (Å²) in [4.78, 5) is 2.34. The zero-order valence-electron chi connectivity index (χ0n) is 6.14. The van der Waals surface area contributed by atoms with Gasteiger partial charge in [-0.15, -0.1) is 0 Å². The van der Waals surface area contributed by atoms with Gasteiger partial charge < -0.3 is 5.73 Å². The summed E-state index contributed by atoms with van der Waals surface area (Å²) in [7, 11) is 0. The van der Waals surface area contributed by atoms with E-state index >= 15 is 0 Å². The summed E-state index contributed by atoms with van der Waals surface area (Å²) >= 11 is 0. The Morgan fingerprint density at radius 2 is 2.22 bits per heavy atom. The number of nitrogens with zero attached hydrogens (tertiary/aromatic N) is 1. The molecule has 0 radical (unpaired) electrons. The lowest BCUT2D eigenvalue weighted by molar-refractivity contribution is 0.114. The molecule has 2 nitrogen and oxygen atoms in total. The molecule has 0 bridgehead atoms. The molecule has 0 amide bonds. The third-order valence-corrected chi connectivity index (χ3v) is 1.94. The lowest BCUT2D eigenvalue weighted by atomic mass is 10.1. The third kappa shape index (κ3) is 1.66. The van der Waals surface area contributed by atoms with E-state index in [2.05, 4.69) is 11.8 Å². The van der Waals surface area contributed by atoms with Crippen molar-refractivity contribution in [3.63, 3.8) is 0 Å². The van der Waals surface area contributed by atoms with Gasteiger partial charge in [-0.05, 0) is 12.8 Å². The van der Waals surface area contributed by atoms with Crippen molar-refractivity contribution in [2.45, 2.75) is 32.4 Å². The Hall–Kier alpha value is -0.0800. The van der Waals surface area contributed by atoms with E-state index in [0.717, 1.165) is 6.42 Å². The van der Waals surface area contributed by atoms with Gasteiger partial charge in [-0.25, -0.2) is 0 Å². The zero-order chi connectivity index (χ0) is 6.69. The van der Waals surface area contributed by atoms with E-state index in [1.165, 1.54) is 25.9 Å². The van der Waals surface area contributed by atoms with Gasteiger partial charge in [0.15, 0.2) is 0 Å². The Kier molecular flexibility index (Phi) is 2.49. The van der Waals surface area contributed by atoms with Gasteiger partial charge in [0, 0.05) is 13.1 Å². The van der Waals surface area contributed by atoms with Crippen molar-refractivity contribution in [3.8, 4) is 0 Å². The average Bonchev–Trinajstić information content (AvgIpc) is 1.60. The second-order valence-electron chi connectivity index (χ2n) is 2.75. The lowest BCUT2D eigenvalue weighted by Crippen LogP contribution is -2.49. The molecule has 9 heavy (non-hydrogen) atoms. The summed E-state index contributed by atoms with van der Waals surface area (Å²) in [6, 6.07) is 0. The number of hydrogen-bond donors (Lipinski definition) is 1. The minimum absolute atomic E-state index is 0.351. The maximum absolute atomic E-state index is 5.82. The minimum Gasteiger partial charge on any atom is -0.316 e. The van der Waals surface area contributed by atoms with Crippen LogP contribution in [0, 0.1) is 0 Å². The Morgan fingerprint density at radius 1 is 1.56 bits per heavy atom. The maximum atomic E-state index is 5.82. The molecular weight excluding hydrogens is 112 g/mol. The van der Waals surface area contributed by atoms with Gasteiger partial charge >= 0.3 is 0 Å². The van der Waals surface area contributed by atoms with Crippen LogP contribution in [0.1, 0.15) is 26.2 Å². The van der Waals surface area contributed by atoms with E-state index in [1.54, 1.807) is 0 Å². The Labute approximate surface area is 57.0 Å². The van der Waals surface area contributed by atoms with Crippen LogP contribution in [-0.4, -0.2) is 24.2 Å². The van der Waals surface area contributed by atoms with Crippen molar-refractivity contribution < 1.29 is 0 Å². The fourth-order valence-corrected chi connectivity index (χ4v) is 1.15. The summed E-state index contributed by atoms with van der Waals surface area (Å²) in [5.74, 6) is 0. The second kappa shape index (κ2) is 3.18. The Morgan fingerprint density at radius 3 is 2.56 bits per heavy atom. The van der Waals surface area contributed by atoms with E-state index in [4.69, 9.17) is 5.73 Å². The molecule has 1 unspecified atom stereocenters. The first kappa shape index (κ1) is 7.03. The smallest absolute Gasteiger partial charge is 0.0571 e. The number of rotatable bonds is 3. The predicted octanol–water partition coefficient (Wildman–Crippen LogP) is 0.777. The first-order chi connectivity index (χ1) is 4.34. The van der Waals surface area contributed by atoms with Crippen LogP contribution < -0.4 is 5.73 Å². The van der Waals surface area contributed by atoms with Gasteiger partial charge in [0.1, 0.15) is 0 Å². The van der Waals surface area contributed by atoms with Crippen molar-refractivity contribution in [3.05, 3.63) is 0 Å². The standard InChI is InChI=1S/C7H16N2/c1-2-4-7(8)9-5-3-6-9/h7H,2-6,8H2,1H3. The quantitative estimate of drug-likeness (QED) is 0.608. The van der Waals surface area contributed by atoms with E-state index < -0.39 is 0 Å². The highest BCUT2D eigenvalue weighted by Crippen LogP contribution is 2.10. The van der Waals surface area contributed by atoms with E-state index in [0.29, 0.717) is 6.17 Å². The fraction of sp³-hybridized carbons (Fsp3) is 1.00. The Bertz CT molecular complexity index is 79.0. The molecule has 0 spiro atoms. The number of nitrogens with two attached hydrogens (primary N) is 1. The largest absolute Gasteiger partial charge is 0.316 e. The fourth-order valence-electron chi connectivity index (χ4n) is 1.15. The topological polar surface area (TPSA) is 29.3 Å². The van der Waals surface area contributed by atoms with Crippen LogP contribution in [0.4, 0.5) is 0 Å². The van der Waals surface area contributed by atoms with Crippen LogP contribution in [0.2, 0.25) is 0 Å². The maximum Gasteiger partial charge on any atom is 0.0571 e. The minimum atomic E-state index is 0.351. The van der Waals surface area contributed by atoms with Crippen LogP contribution >= 0.6 is 0 Å². The van der Waals surface area contributed by atoms with Gasteiger partial charge in [-0.3, -0.25) is 4.90 Å². The molecule has 1 aliphatic heterocycles. The summed E-state index contributed by atoms with van der Waals surface area (Å²) in [5, 5.41) is 0. The van der Waals surface area contributed by atoms with Crippen molar-refractivity contribution in [2.75, 3.05) is 13.1 Å². The normalized spacial score (nSPS) is 23.3. The summed E-state index contributed by atoms with van der Waals surface area (Å²) < 4.78 is 0. The van der Waals surface area contributed by atoms with Crippen LogP contribution in [0.25, 0.3) is 0 Å². The molecule has 1 saturated heterocycles. The molecular formula is C7H16N2. The summed E-state index contributed by atoms with van der Waals surface area (Å²) in [6.45, 7) is 4.63. The SMILES string of the molecule is CCCC(N)N1CCC1. The van der Waals surface area contributed by atoms with Crippen LogP contribution in [0.3, 0.4) is 0 Å². The van der Waals surface area contributed by atoms with Gasteiger partial charge in [0.25, 0.3) is 0 Å². The highest BCUT2D eigenvalue weighted by atomic mass is 15.3. The number of likely N-dealkylation sites (tertiary alicyclic amines) is 1. The van der Waals surface area contributed by atoms with E-state index in [-0.39, 0.29) is 0 Å². The molecule has 0 saturated carbocycles. The van der Waals surface area contributed by atoms with Crippen molar-refractivity contribution in [1.82, 2.24) is 4.90 Å². The summed E-state index contributed by atoms with van der Waals surface area (Å²) in [5.41, 5.74) is 5.82. The first-order valence-corrected chi connectivity index (χ1v) is 3.84. The van der Waals surface area contributed by atoms with Gasteiger partial charge in [0.05, 0.1) is 6.17 Å². The van der Waals surface area contributed by atoms with Crippen LogP contribution in [0.15, 0.2) is 0 Å². The van der Waals surface area contributed by atoms with E-state index in [9.17, 15) is 0 Å². The molecule has 54 valence electrons. The highest BCUT2D eigenvalue weighted by Gasteiger charge is 2.18. The van der Waals surface area contributed by atoms with E-state index in [1.807, 2.05) is 0 Å². The molecule has 0 aromatic carbocycles. The predicted molar refractivity (Wildman–Crippen MR) is 39.1 cm³/mol.